The number of carbonyl (C=O) groups excluding carboxylic acids is 2. The molecule has 0 aromatic heterocycles. The molecule has 0 aliphatic carbocycles. The number of aryl methyl sites for hydroxylation is 1. The molecule has 0 bridgehead atoms. The van der Waals surface area contributed by atoms with Gasteiger partial charge in [0.15, 0.2) is 0 Å². The maximum atomic E-state index is 13.3. The molecule has 0 fully saturated rings. The third-order valence-electron chi connectivity index (χ3n) is 5.22. The highest BCUT2D eigenvalue weighted by atomic mass is 35.5. The first kappa shape index (κ1) is 26.6. The maximum absolute atomic E-state index is 13.3. The molecular formula is C25H32Cl2N2O2S. The van der Waals surface area contributed by atoms with E-state index in [9.17, 15) is 9.59 Å². The quantitative estimate of drug-likeness (QED) is 0.354. The van der Waals surface area contributed by atoms with Gasteiger partial charge in [0.05, 0.1) is 5.75 Å². The molecule has 0 saturated carbocycles. The standard InChI is InChI=1S/C25H32Cl2N2O2S/c1-4-6-14-28-25(31)23(5-2)29(15-20-21(26)8-7-9-22(20)27)24(30)17-32-16-19-12-10-18(3)11-13-19/h7-13,23H,4-6,14-17H2,1-3H3,(H,28,31)/t23-/m0/s1. The minimum Gasteiger partial charge on any atom is -0.354 e. The summed E-state index contributed by atoms with van der Waals surface area (Å²) in [5.74, 6) is 0.762. The van der Waals surface area contributed by atoms with Gasteiger partial charge >= 0.3 is 0 Å². The average molecular weight is 496 g/mol. The Morgan fingerprint density at radius 2 is 1.72 bits per heavy atom. The second-order valence-corrected chi connectivity index (χ2v) is 9.57. The van der Waals surface area contributed by atoms with Crippen LogP contribution in [0.15, 0.2) is 42.5 Å². The van der Waals surface area contributed by atoms with Crippen molar-refractivity contribution in [3.05, 3.63) is 69.2 Å². The first-order chi connectivity index (χ1) is 15.4. The summed E-state index contributed by atoms with van der Waals surface area (Å²) in [4.78, 5) is 27.8. The molecule has 0 unspecified atom stereocenters. The fourth-order valence-corrected chi connectivity index (χ4v) is 4.69. The van der Waals surface area contributed by atoms with Crippen LogP contribution in [0.2, 0.25) is 10.0 Å². The predicted molar refractivity (Wildman–Crippen MR) is 136 cm³/mol. The Hall–Kier alpha value is -1.69. The van der Waals surface area contributed by atoms with E-state index < -0.39 is 6.04 Å². The van der Waals surface area contributed by atoms with Crippen LogP contribution in [0.4, 0.5) is 0 Å². The molecule has 32 heavy (non-hydrogen) atoms. The van der Waals surface area contributed by atoms with Crippen LogP contribution in [0.1, 0.15) is 49.8 Å². The summed E-state index contributed by atoms with van der Waals surface area (Å²) in [6.45, 7) is 6.83. The number of thioether (sulfide) groups is 1. The van der Waals surface area contributed by atoms with Crippen molar-refractivity contribution in [2.45, 2.75) is 58.4 Å². The third kappa shape index (κ3) is 8.02. The van der Waals surface area contributed by atoms with Crippen molar-refractivity contribution in [3.8, 4) is 0 Å². The molecule has 2 aromatic carbocycles. The zero-order valence-electron chi connectivity index (χ0n) is 19.0. The second kappa shape index (κ2) is 13.8. The van der Waals surface area contributed by atoms with Gasteiger partial charge in [-0.1, -0.05) is 79.4 Å². The topological polar surface area (TPSA) is 49.4 Å². The lowest BCUT2D eigenvalue weighted by atomic mass is 10.1. The minimum absolute atomic E-state index is 0.101. The van der Waals surface area contributed by atoms with E-state index in [1.165, 1.54) is 22.9 Å². The summed E-state index contributed by atoms with van der Waals surface area (Å²) in [6, 6.07) is 13.0. The van der Waals surface area contributed by atoms with Gasteiger partial charge in [0.2, 0.25) is 11.8 Å². The van der Waals surface area contributed by atoms with E-state index in [4.69, 9.17) is 23.2 Å². The number of carbonyl (C=O) groups is 2. The van der Waals surface area contributed by atoms with Crippen molar-refractivity contribution in [3.63, 3.8) is 0 Å². The van der Waals surface area contributed by atoms with Crippen LogP contribution in [0.25, 0.3) is 0 Å². The smallest absolute Gasteiger partial charge is 0.242 e. The lowest BCUT2D eigenvalue weighted by Gasteiger charge is -2.31. The highest BCUT2D eigenvalue weighted by molar-refractivity contribution is 7.99. The zero-order valence-corrected chi connectivity index (χ0v) is 21.3. The number of hydrogen-bond donors (Lipinski definition) is 1. The van der Waals surface area contributed by atoms with Crippen molar-refractivity contribution in [2.75, 3.05) is 12.3 Å². The number of halogens is 2. The van der Waals surface area contributed by atoms with E-state index in [0.29, 0.717) is 28.6 Å². The fraction of sp³-hybridized carbons (Fsp3) is 0.440. The lowest BCUT2D eigenvalue weighted by molar-refractivity contribution is -0.139. The molecule has 0 spiro atoms. The number of benzene rings is 2. The van der Waals surface area contributed by atoms with Crippen molar-refractivity contribution in [2.24, 2.45) is 0 Å². The Bertz CT molecular complexity index is 870. The molecule has 1 N–H and O–H groups in total. The van der Waals surface area contributed by atoms with Crippen molar-refractivity contribution < 1.29 is 9.59 Å². The van der Waals surface area contributed by atoms with Gasteiger partial charge in [0.1, 0.15) is 6.04 Å². The van der Waals surface area contributed by atoms with Gasteiger partial charge < -0.3 is 10.2 Å². The van der Waals surface area contributed by atoms with E-state index >= 15 is 0 Å². The molecule has 7 heteroatoms. The number of nitrogens with one attached hydrogen (secondary N) is 1. The Labute approximate surface area is 206 Å². The fourth-order valence-electron chi connectivity index (χ4n) is 3.30. The van der Waals surface area contributed by atoms with Crippen molar-refractivity contribution in [1.29, 1.82) is 0 Å². The normalized spacial score (nSPS) is 11.8. The van der Waals surface area contributed by atoms with E-state index in [2.05, 4.69) is 43.4 Å². The van der Waals surface area contributed by atoms with Crippen molar-refractivity contribution >= 4 is 46.8 Å². The summed E-state index contributed by atoms with van der Waals surface area (Å²) in [7, 11) is 0. The Morgan fingerprint density at radius 1 is 1.06 bits per heavy atom. The van der Waals surface area contributed by atoms with Crippen LogP contribution in [0.3, 0.4) is 0 Å². The highest BCUT2D eigenvalue weighted by Gasteiger charge is 2.29. The molecule has 1 atom stereocenters. The highest BCUT2D eigenvalue weighted by Crippen LogP contribution is 2.27. The van der Waals surface area contributed by atoms with Crippen LogP contribution in [-0.2, 0) is 21.9 Å². The van der Waals surface area contributed by atoms with Crippen LogP contribution >= 0.6 is 35.0 Å². The molecular weight excluding hydrogens is 463 g/mol. The van der Waals surface area contributed by atoms with Crippen LogP contribution in [-0.4, -0.2) is 35.1 Å². The third-order valence-corrected chi connectivity index (χ3v) is 6.92. The molecule has 0 saturated heterocycles. The monoisotopic (exact) mass is 494 g/mol. The SMILES string of the molecule is CCCCNC(=O)[C@H](CC)N(Cc1c(Cl)cccc1Cl)C(=O)CSCc1ccc(C)cc1. The molecule has 0 heterocycles. The summed E-state index contributed by atoms with van der Waals surface area (Å²) in [5.41, 5.74) is 3.03. The summed E-state index contributed by atoms with van der Waals surface area (Å²) in [6.07, 6.45) is 2.40. The van der Waals surface area contributed by atoms with Crippen molar-refractivity contribution in [1.82, 2.24) is 10.2 Å². The van der Waals surface area contributed by atoms with Crippen LogP contribution in [0.5, 0.6) is 0 Å². The number of amides is 2. The van der Waals surface area contributed by atoms with E-state index in [1.807, 2.05) is 6.92 Å². The summed E-state index contributed by atoms with van der Waals surface area (Å²) < 4.78 is 0. The molecule has 2 rings (SSSR count). The second-order valence-electron chi connectivity index (χ2n) is 7.77. The lowest BCUT2D eigenvalue weighted by Crippen LogP contribution is -2.49. The minimum atomic E-state index is -0.577. The molecule has 2 amide bonds. The van der Waals surface area contributed by atoms with Gasteiger partial charge in [0, 0.05) is 34.5 Å². The number of rotatable bonds is 12. The predicted octanol–water partition coefficient (Wildman–Crippen LogP) is 6.26. The first-order valence-corrected chi connectivity index (χ1v) is 12.9. The molecule has 174 valence electrons. The zero-order chi connectivity index (χ0) is 23.5. The number of hydrogen-bond acceptors (Lipinski definition) is 3. The van der Waals surface area contributed by atoms with E-state index in [0.717, 1.165) is 18.6 Å². The molecule has 0 radical (unpaired) electrons. The Balaban J connectivity index is 2.16. The van der Waals surface area contributed by atoms with Gasteiger partial charge in [0.25, 0.3) is 0 Å². The molecule has 0 aliphatic heterocycles. The first-order valence-electron chi connectivity index (χ1n) is 11.0. The Kier molecular flexibility index (Phi) is 11.4. The summed E-state index contributed by atoms with van der Waals surface area (Å²) >= 11 is 14.3. The van der Waals surface area contributed by atoms with E-state index in [1.54, 1.807) is 23.1 Å². The molecule has 2 aromatic rings. The number of nitrogens with zero attached hydrogens (tertiary/aromatic N) is 1. The van der Waals surface area contributed by atoms with Crippen LogP contribution in [0, 0.1) is 6.92 Å². The van der Waals surface area contributed by atoms with E-state index in [-0.39, 0.29) is 24.1 Å². The van der Waals surface area contributed by atoms with Gasteiger partial charge in [-0.3, -0.25) is 9.59 Å². The molecule has 4 nitrogen and oxygen atoms in total. The van der Waals surface area contributed by atoms with Gasteiger partial charge in [-0.2, -0.15) is 0 Å². The largest absolute Gasteiger partial charge is 0.354 e. The van der Waals surface area contributed by atoms with Gasteiger partial charge in [-0.25, -0.2) is 0 Å². The van der Waals surface area contributed by atoms with Gasteiger partial charge in [-0.15, -0.1) is 11.8 Å². The summed E-state index contributed by atoms with van der Waals surface area (Å²) in [5, 5.41) is 3.95. The molecule has 0 aliphatic rings. The number of unbranched alkanes of at least 4 members (excludes halogenated alkanes) is 1. The average Bonchev–Trinajstić information content (AvgIpc) is 2.77. The van der Waals surface area contributed by atoms with Gasteiger partial charge in [-0.05, 0) is 37.5 Å². The van der Waals surface area contributed by atoms with Crippen LogP contribution < -0.4 is 5.32 Å². The Morgan fingerprint density at radius 3 is 2.31 bits per heavy atom. The maximum Gasteiger partial charge on any atom is 0.242 e.